The summed E-state index contributed by atoms with van der Waals surface area (Å²) in [6, 6.07) is 33.8. The molecule has 0 saturated heterocycles. The fourth-order valence-corrected chi connectivity index (χ4v) is 5.45. The number of benzene rings is 4. The lowest BCUT2D eigenvalue weighted by Crippen LogP contribution is -1.93. The van der Waals surface area contributed by atoms with Crippen LogP contribution in [0.1, 0.15) is 0 Å². The summed E-state index contributed by atoms with van der Waals surface area (Å²) in [7, 11) is 0. The van der Waals surface area contributed by atoms with E-state index < -0.39 is 0 Å². The highest BCUT2D eigenvalue weighted by atomic mass is 15.0. The van der Waals surface area contributed by atoms with Crippen LogP contribution in [0.15, 0.2) is 109 Å². The van der Waals surface area contributed by atoms with Gasteiger partial charge in [0.2, 0.25) is 0 Å². The van der Waals surface area contributed by atoms with Crippen LogP contribution in [-0.2, 0) is 0 Å². The summed E-state index contributed by atoms with van der Waals surface area (Å²) >= 11 is 0. The van der Waals surface area contributed by atoms with E-state index in [-0.39, 0.29) is 0 Å². The number of hydrogen-bond donors (Lipinski definition) is 1. The first-order chi connectivity index (χ1) is 17.9. The number of para-hydroxylation sites is 2. The zero-order chi connectivity index (χ0) is 23.6. The quantitative estimate of drug-likeness (QED) is 0.272. The number of pyridine rings is 2. The first-order valence-corrected chi connectivity index (χ1v) is 12.0. The van der Waals surface area contributed by atoms with Gasteiger partial charge in [0.25, 0.3) is 0 Å². The third-order valence-corrected chi connectivity index (χ3v) is 7.05. The Balaban J connectivity index is 1.32. The van der Waals surface area contributed by atoms with Gasteiger partial charge in [0.05, 0.1) is 33.1 Å². The molecule has 8 rings (SSSR count). The Morgan fingerprint density at radius 2 is 1.11 bits per heavy atom. The maximum Gasteiger partial charge on any atom is 0.138 e. The van der Waals surface area contributed by atoms with E-state index in [1.807, 2.05) is 24.5 Å². The van der Waals surface area contributed by atoms with Crippen molar-refractivity contribution >= 4 is 54.6 Å². The predicted octanol–water partition coefficient (Wildman–Crippen LogP) is 7.42. The van der Waals surface area contributed by atoms with Gasteiger partial charge in [-0.05, 0) is 60.7 Å². The van der Waals surface area contributed by atoms with Crippen molar-refractivity contribution in [1.29, 1.82) is 0 Å². The van der Waals surface area contributed by atoms with Gasteiger partial charge >= 0.3 is 0 Å². The molecule has 5 heteroatoms. The van der Waals surface area contributed by atoms with Crippen LogP contribution in [0.4, 0.5) is 0 Å². The molecule has 0 fully saturated rings. The number of nitrogens with one attached hydrogen (secondary N) is 1. The Morgan fingerprint density at radius 1 is 0.528 bits per heavy atom. The fourth-order valence-electron chi connectivity index (χ4n) is 5.45. The van der Waals surface area contributed by atoms with E-state index >= 15 is 0 Å². The lowest BCUT2D eigenvalue weighted by atomic mass is 10.1. The number of imidazole rings is 1. The van der Waals surface area contributed by atoms with Crippen LogP contribution in [0.3, 0.4) is 0 Å². The first kappa shape index (κ1) is 19.3. The molecule has 0 atom stereocenters. The molecule has 0 amide bonds. The van der Waals surface area contributed by atoms with E-state index in [0.29, 0.717) is 0 Å². The normalized spacial score (nSPS) is 11.9. The molecular weight excluding hydrogens is 442 g/mol. The minimum absolute atomic E-state index is 0.834. The highest BCUT2D eigenvalue weighted by Gasteiger charge is 2.16. The molecule has 0 spiro atoms. The summed E-state index contributed by atoms with van der Waals surface area (Å²) in [6.07, 6.45) is 3.62. The third-order valence-electron chi connectivity index (χ3n) is 7.05. The van der Waals surface area contributed by atoms with Crippen LogP contribution < -0.4 is 0 Å². The molecule has 0 unspecified atom stereocenters. The monoisotopic (exact) mass is 461 g/mol. The standard InChI is InChI=1S/C31H19N5/c1-3-11-25-21(7-1)22-8-2-4-12-26(22)36(25)20-15-13-19(14-16-20)31-34-29-23-9-5-17-32-27(23)28-24(30(29)35-31)10-6-18-33-28/h1-18H,(H,34,35). The lowest BCUT2D eigenvalue weighted by molar-refractivity contribution is 1.18. The van der Waals surface area contributed by atoms with Crippen molar-refractivity contribution < 1.29 is 0 Å². The van der Waals surface area contributed by atoms with Gasteiger partial charge in [0, 0.05) is 45.2 Å². The van der Waals surface area contributed by atoms with Gasteiger partial charge in [0.15, 0.2) is 0 Å². The average Bonchev–Trinajstić information content (AvgIpc) is 3.54. The number of fused-ring (bicyclic) bond motifs is 9. The van der Waals surface area contributed by atoms with Crippen molar-refractivity contribution in [1.82, 2.24) is 24.5 Å². The van der Waals surface area contributed by atoms with Gasteiger partial charge in [-0.25, -0.2) is 4.98 Å². The summed E-state index contributed by atoms with van der Waals surface area (Å²) in [5, 5.41) is 4.55. The highest BCUT2D eigenvalue weighted by Crippen LogP contribution is 2.35. The second-order valence-electron chi connectivity index (χ2n) is 9.02. The average molecular weight is 462 g/mol. The molecule has 4 aromatic heterocycles. The molecule has 0 bridgehead atoms. The van der Waals surface area contributed by atoms with Gasteiger partial charge in [-0.1, -0.05) is 36.4 Å². The van der Waals surface area contributed by atoms with Crippen molar-refractivity contribution in [2.45, 2.75) is 0 Å². The van der Waals surface area contributed by atoms with Gasteiger partial charge in [-0.3, -0.25) is 9.97 Å². The number of rotatable bonds is 2. The summed E-state index contributed by atoms with van der Waals surface area (Å²) in [6.45, 7) is 0. The minimum Gasteiger partial charge on any atom is -0.337 e. The van der Waals surface area contributed by atoms with Crippen molar-refractivity contribution in [2.75, 3.05) is 0 Å². The number of hydrogen-bond acceptors (Lipinski definition) is 3. The molecule has 4 aromatic carbocycles. The van der Waals surface area contributed by atoms with Crippen LogP contribution in [0.2, 0.25) is 0 Å². The number of aromatic amines is 1. The smallest absolute Gasteiger partial charge is 0.138 e. The summed E-state index contributed by atoms with van der Waals surface area (Å²) in [4.78, 5) is 17.8. The number of aromatic nitrogens is 5. The Morgan fingerprint density at radius 3 is 1.81 bits per heavy atom. The van der Waals surface area contributed by atoms with Gasteiger partial charge < -0.3 is 9.55 Å². The SMILES string of the molecule is c1cnc2c(c1)c1nc(-c3ccc(-n4c5ccccc5c5ccccc54)cc3)[nH]c1c1cccnc12. The van der Waals surface area contributed by atoms with E-state index in [9.17, 15) is 0 Å². The molecular formula is C31H19N5. The number of H-pyrrole nitrogens is 1. The van der Waals surface area contributed by atoms with Crippen molar-refractivity contribution in [3.05, 3.63) is 109 Å². The van der Waals surface area contributed by atoms with Crippen LogP contribution >= 0.6 is 0 Å². The second kappa shape index (κ2) is 7.23. The van der Waals surface area contributed by atoms with E-state index in [1.54, 1.807) is 0 Å². The maximum absolute atomic E-state index is 5.02. The topological polar surface area (TPSA) is 59.4 Å². The van der Waals surface area contributed by atoms with E-state index in [4.69, 9.17) is 4.98 Å². The summed E-state index contributed by atoms with van der Waals surface area (Å²) in [5.41, 5.74) is 8.22. The highest BCUT2D eigenvalue weighted by molar-refractivity contribution is 6.21. The largest absolute Gasteiger partial charge is 0.337 e. The van der Waals surface area contributed by atoms with E-state index in [0.717, 1.165) is 49.9 Å². The van der Waals surface area contributed by atoms with Gasteiger partial charge in [-0.15, -0.1) is 0 Å². The first-order valence-electron chi connectivity index (χ1n) is 12.0. The third kappa shape index (κ3) is 2.62. The molecule has 0 aliphatic rings. The second-order valence-corrected chi connectivity index (χ2v) is 9.02. The van der Waals surface area contributed by atoms with Crippen molar-refractivity contribution in [3.8, 4) is 17.1 Å². The van der Waals surface area contributed by atoms with Crippen molar-refractivity contribution in [3.63, 3.8) is 0 Å². The Hall–Kier alpha value is -5.03. The molecule has 4 heterocycles. The molecule has 8 aromatic rings. The number of nitrogens with zero attached hydrogens (tertiary/aromatic N) is 4. The Bertz CT molecular complexity index is 1970. The Kier molecular flexibility index (Phi) is 3.88. The molecule has 1 N–H and O–H groups in total. The van der Waals surface area contributed by atoms with Crippen molar-refractivity contribution in [2.24, 2.45) is 0 Å². The zero-order valence-electron chi connectivity index (χ0n) is 19.2. The predicted molar refractivity (Wildman–Crippen MR) is 146 cm³/mol. The van der Waals surface area contributed by atoms with Crippen LogP contribution in [0.25, 0.3) is 71.7 Å². The van der Waals surface area contributed by atoms with E-state index in [2.05, 4.69) is 104 Å². The minimum atomic E-state index is 0.834. The molecule has 0 aliphatic carbocycles. The van der Waals surface area contributed by atoms with Gasteiger partial charge in [-0.2, -0.15) is 0 Å². The molecule has 0 radical (unpaired) electrons. The molecule has 36 heavy (non-hydrogen) atoms. The summed E-state index contributed by atoms with van der Waals surface area (Å²) in [5.74, 6) is 0.834. The molecule has 0 aliphatic heterocycles. The zero-order valence-corrected chi connectivity index (χ0v) is 19.2. The van der Waals surface area contributed by atoms with Gasteiger partial charge in [0.1, 0.15) is 5.82 Å². The van der Waals surface area contributed by atoms with Crippen LogP contribution in [-0.4, -0.2) is 24.5 Å². The molecule has 0 saturated carbocycles. The fraction of sp³-hybridized carbons (Fsp3) is 0. The molecule has 168 valence electrons. The molecule has 5 nitrogen and oxygen atoms in total. The maximum atomic E-state index is 5.02. The van der Waals surface area contributed by atoms with E-state index in [1.165, 1.54) is 21.8 Å². The van der Waals surface area contributed by atoms with Crippen LogP contribution in [0, 0.1) is 0 Å². The van der Waals surface area contributed by atoms with Crippen LogP contribution in [0.5, 0.6) is 0 Å². The lowest BCUT2D eigenvalue weighted by Gasteiger charge is -2.08. The Labute approximate surface area is 205 Å². The summed E-state index contributed by atoms with van der Waals surface area (Å²) < 4.78 is 2.32.